The van der Waals surface area contributed by atoms with Gasteiger partial charge in [-0.25, -0.2) is 4.79 Å². The predicted molar refractivity (Wildman–Crippen MR) is 75.0 cm³/mol. The van der Waals surface area contributed by atoms with Gasteiger partial charge in [0.05, 0.1) is 0 Å². The monoisotopic (exact) mass is 376 g/mol. The number of rotatable bonds is 6. The lowest BCUT2D eigenvalue weighted by atomic mass is 10.3. The van der Waals surface area contributed by atoms with Crippen LogP contribution in [0.2, 0.25) is 0 Å². The molecule has 14 heteroatoms. The van der Waals surface area contributed by atoms with Crippen molar-refractivity contribution in [1.82, 2.24) is 10.6 Å². The lowest BCUT2D eigenvalue weighted by molar-refractivity contribution is -0.131. The van der Waals surface area contributed by atoms with Gasteiger partial charge in [-0.15, -0.1) is 0 Å². The maximum absolute atomic E-state index is 11.5. The first kappa shape index (κ1) is 21.7. The maximum Gasteiger partial charge on any atom is 0.409 e. The molecular formula is C9H18N2O10P2. The average molecular weight is 376 g/mol. The number of carbonyl (C=O) groups excluding carboxylic acids is 3. The van der Waals surface area contributed by atoms with Crippen molar-refractivity contribution in [3.63, 3.8) is 0 Å². The highest BCUT2D eigenvalue weighted by molar-refractivity contribution is 7.72. The molecule has 0 saturated carbocycles. The van der Waals surface area contributed by atoms with Crippen molar-refractivity contribution >= 4 is 33.1 Å². The number of imide groups is 1. The first-order valence-corrected chi connectivity index (χ1v) is 9.32. The Morgan fingerprint density at radius 2 is 1.57 bits per heavy atom. The minimum Gasteiger partial charge on any atom is -0.417 e. The molecule has 0 unspecified atom stereocenters. The van der Waals surface area contributed by atoms with Crippen molar-refractivity contribution in [2.75, 3.05) is 0 Å². The van der Waals surface area contributed by atoms with Crippen molar-refractivity contribution < 1.29 is 47.8 Å². The summed E-state index contributed by atoms with van der Waals surface area (Å²) in [5.41, 5.74) is 0. The van der Waals surface area contributed by atoms with E-state index in [0.717, 1.165) is 6.92 Å². The van der Waals surface area contributed by atoms with E-state index in [1.807, 2.05) is 5.32 Å². The minimum atomic E-state index is -5.56. The quantitative estimate of drug-likeness (QED) is 0.318. The van der Waals surface area contributed by atoms with Gasteiger partial charge >= 0.3 is 26.4 Å². The first-order valence-electron chi connectivity index (χ1n) is 6.10. The smallest absolute Gasteiger partial charge is 0.409 e. The molecule has 0 fully saturated rings. The topological polar surface area (TPSA) is 200 Å². The van der Waals surface area contributed by atoms with Crippen molar-refractivity contribution in [3.05, 3.63) is 0 Å². The van der Waals surface area contributed by atoms with Crippen LogP contribution in [-0.2, 0) is 23.5 Å². The van der Waals surface area contributed by atoms with E-state index in [2.05, 4.69) is 4.74 Å². The Balaban J connectivity index is 5.06. The Hall–Kier alpha value is -1.29. The van der Waals surface area contributed by atoms with Crippen LogP contribution in [0.25, 0.3) is 0 Å². The van der Waals surface area contributed by atoms with Crippen molar-refractivity contribution in [1.29, 1.82) is 0 Å². The number of amides is 3. The van der Waals surface area contributed by atoms with E-state index in [1.54, 1.807) is 5.32 Å². The van der Waals surface area contributed by atoms with Gasteiger partial charge in [-0.1, -0.05) is 6.92 Å². The molecule has 0 aromatic carbocycles. The van der Waals surface area contributed by atoms with Gasteiger partial charge in [0.25, 0.3) is 0 Å². The van der Waals surface area contributed by atoms with Gasteiger partial charge < -0.3 is 29.6 Å². The molecule has 134 valence electrons. The van der Waals surface area contributed by atoms with Gasteiger partial charge in [0.15, 0.2) is 0 Å². The summed E-state index contributed by atoms with van der Waals surface area (Å²) >= 11 is 0. The fraction of sp³-hybridized carbons (Fsp3) is 0.667. The Bertz CT molecular complexity index is 557. The molecule has 1 atom stereocenters. The summed E-state index contributed by atoms with van der Waals surface area (Å²) in [4.78, 5) is 70.1. The molecule has 0 aliphatic carbocycles. The number of alkyl carbamates (subject to hydrolysis) is 1. The standard InChI is InChI=1S/C9H18N2O10P2/c1-4-6(12)11-7(13)5(2)10-8(14)21-9(3,22(15,16)17)23(18,19)20/h5H,4H2,1-3H3,(H,10,14)(H,11,12,13)(H2,15,16,17)(H2,18,19,20)/t5-/m0/s1. The number of hydrogen-bond acceptors (Lipinski definition) is 6. The number of hydrogen-bond donors (Lipinski definition) is 6. The zero-order valence-corrected chi connectivity index (χ0v) is 14.2. The lowest BCUT2D eigenvalue weighted by Crippen LogP contribution is -2.48. The second-order valence-corrected chi connectivity index (χ2v) is 8.78. The molecule has 0 aromatic heterocycles. The van der Waals surface area contributed by atoms with E-state index in [-0.39, 0.29) is 6.42 Å². The summed E-state index contributed by atoms with van der Waals surface area (Å²) in [7, 11) is -11.1. The molecule has 23 heavy (non-hydrogen) atoms. The molecule has 0 spiro atoms. The van der Waals surface area contributed by atoms with E-state index in [1.165, 1.54) is 6.92 Å². The Morgan fingerprint density at radius 1 is 1.13 bits per heavy atom. The summed E-state index contributed by atoms with van der Waals surface area (Å²) in [6, 6.07) is -1.37. The Morgan fingerprint density at radius 3 is 1.91 bits per heavy atom. The zero-order valence-electron chi connectivity index (χ0n) is 12.4. The van der Waals surface area contributed by atoms with Crippen LogP contribution in [0.5, 0.6) is 0 Å². The Kier molecular flexibility index (Phi) is 7.10. The van der Waals surface area contributed by atoms with Crippen LogP contribution in [0.3, 0.4) is 0 Å². The summed E-state index contributed by atoms with van der Waals surface area (Å²) in [5, 5.41) is 0.283. The van der Waals surface area contributed by atoms with Crippen LogP contribution in [0.15, 0.2) is 0 Å². The minimum absolute atomic E-state index is 0.00259. The molecule has 0 aliphatic rings. The van der Waals surface area contributed by atoms with Gasteiger partial charge in [-0.05, 0) is 13.8 Å². The van der Waals surface area contributed by atoms with Crippen LogP contribution >= 0.6 is 15.2 Å². The molecule has 0 aliphatic heterocycles. The van der Waals surface area contributed by atoms with Crippen LogP contribution in [-0.4, -0.2) is 48.6 Å². The maximum atomic E-state index is 11.5. The fourth-order valence-corrected chi connectivity index (χ4v) is 2.83. The molecule has 0 saturated heterocycles. The van der Waals surface area contributed by atoms with Crippen LogP contribution < -0.4 is 10.6 Å². The van der Waals surface area contributed by atoms with E-state index < -0.39 is 44.2 Å². The predicted octanol–water partition coefficient (Wildman–Crippen LogP) is -0.817. The van der Waals surface area contributed by atoms with Gasteiger partial charge in [-0.2, -0.15) is 0 Å². The van der Waals surface area contributed by atoms with Crippen LogP contribution in [0.4, 0.5) is 4.79 Å². The van der Waals surface area contributed by atoms with Crippen LogP contribution in [0.1, 0.15) is 27.2 Å². The number of nitrogens with one attached hydrogen (secondary N) is 2. The van der Waals surface area contributed by atoms with E-state index in [4.69, 9.17) is 19.6 Å². The highest BCUT2D eigenvalue weighted by Gasteiger charge is 2.60. The van der Waals surface area contributed by atoms with Gasteiger partial charge in [0.2, 0.25) is 11.8 Å². The average Bonchev–Trinajstić information content (AvgIpc) is 2.35. The molecule has 12 nitrogen and oxygen atoms in total. The van der Waals surface area contributed by atoms with Crippen molar-refractivity contribution in [2.45, 2.75) is 38.3 Å². The second-order valence-electron chi connectivity index (χ2n) is 4.54. The van der Waals surface area contributed by atoms with Crippen molar-refractivity contribution in [2.24, 2.45) is 0 Å². The molecular weight excluding hydrogens is 358 g/mol. The van der Waals surface area contributed by atoms with E-state index in [0.29, 0.717) is 6.92 Å². The SMILES string of the molecule is CCC(=O)NC(=O)[C@H](C)NC(=O)OC(C)(P(=O)(O)O)P(=O)(O)O. The molecule has 0 aromatic rings. The normalized spacial score (nSPS) is 13.9. The van der Waals surface area contributed by atoms with Crippen LogP contribution in [0, 0.1) is 0 Å². The van der Waals surface area contributed by atoms with Gasteiger partial charge in [0, 0.05) is 6.42 Å². The largest absolute Gasteiger partial charge is 0.417 e. The summed E-state index contributed by atoms with van der Waals surface area (Å²) in [6.07, 6.45) is -1.66. The number of ether oxygens (including phenoxy) is 1. The summed E-state index contributed by atoms with van der Waals surface area (Å²) in [6.45, 7) is 2.95. The highest BCUT2D eigenvalue weighted by Crippen LogP contribution is 2.69. The summed E-state index contributed by atoms with van der Waals surface area (Å²) < 4.78 is 26.6. The lowest BCUT2D eigenvalue weighted by Gasteiger charge is -2.30. The second kappa shape index (κ2) is 7.52. The van der Waals surface area contributed by atoms with E-state index >= 15 is 0 Å². The van der Waals surface area contributed by atoms with Gasteiger partial charge in [-0.3, -0.25) is 24.0 Å². The molecule has 0 rings (SSSR count). The van der Waals surface area contributed by atoms with Gasteiger partial charge in [0.1, 0.15) is 6.04 Å². The zero-order chi connectivity index (χ0) is 18.6. The molecule has 6 N–H and O–H groups in total. The van der Waals surface area contributed by atoms with E-state index in [9.17, 15) is 23.5 Å². The molecule has 0 heterocycles. The fourth-order valence-electron chi connectivity index (χ4n) is 1.07. The molecule has 3 amide bonds. The first-order chi connectivity index (χ1) is 10.2. The molecule has 0 bridgehead atoms. The third-order valence-corrected chi connectivity index (χ3v) is 6.59. The Labute approximate surface area is 130 Å². The molecule has 0 radical (unpaired) electrons. The third-order valence-electron chi connectivity index (χ3n) is 2.68. The number of carbonyl (C=O) groups is 3. The highest BCUT2D eigenvalue weighted by atomic mass is 31.2. The van der Waals surface area contributed by atoms with Crippen molar-refractivity contribution in [3.8, 4) is 0 Å². The third kappa shape index (κ3) is 5.69. The summed E-state index contributed by atoms with van der Waals surface area (Å²) in [5.74, 6) is -1.57.